The van der Waals surface area contributed by atoms with Gasteiger partial charge in [-0.2, -0.15) is 9.57 Å². The fraction of sp³-hybridized carbons (Fsp3) is 0.364. The predicted octanol–water partition coefficient (Wildman–Crippen LogP) is 2.67. The maximum absolute atomic E-state index is 12.4. The number of halogens is 2. The number of hydrogen-bond donors (Lipinski definition) is 0. The summed E-state index contributed by atoms with van der Waals surface area (Å²) in [6, 6.07) is 5.65. The van der Waals surface area contributed by atoms with Crippen LogP contribution in [0.5, 0.6) is 0 Å². The molecule has 2 rings (SSSR count). The van der Waals surface area contributed by atoms with Crippen molar-refractivity contribution >= 4 is 33.2 Å². The molecule has 0 aliphatic carbocycles. The smallest absolute Gasteiger partial charge is 0.207 e. The number of nitriles is 1. The second-order valence-corrected chi connectivity index (χ2v) is 6.68. The van der Waals surface area contributed by atoms with Crippen LogP contribution in [0.4, 0.5) is 0 Å². The van der Waals surface area contributed by atoms with Crippen molar-refractivity contribution in [1.29, 1.82) is 5.26 Å². The second kappa shape index (κ2) is 5.06. The Morgan fingerprint density at radius 1 is 1.39 bits per heavy atom. The molecule has 0 amide bonds. The van der Waals surface area contributed by atoms with E-state index in [-0.39, 0.29) is 9.92 Å². The van der Waals surface area contributed by atoms with Gasteiger partial charge in [-0.3, -0.25) is 0 Å². The Labute approximate surface area is 116 Å². The molecule has 0 radical (unpaired) electrons. The molecule has 1 aromatic rings. The topological polar surface area (TPSA) is 61.2 Å². The van der Waals surface area contributed by atoms with Crippen molar-refractivity contribution in [2.24, 2.45) is 0 Å². The summed E-state index contributed by atoms with van der Waals surface area (Å²) in [6.45, 7) is 0.337. The Kier molecular flexibility index (Phi) is 3.83. The van der Waals surface area contributed by atoms with Crippen LogP contribution in [-0.4, -0.2) is 25.3 Å². The number of sulfonamides is 1. The van der Waals surface area contributed by atoms with Gasteiger partial charge in [0.25, 0.3) is 0 Å². The lowest BCUT2D eigenvalue weighted by molar-refractivity contribution is 0.437. The first-order valence-corrected chi connectivity index (χ1v) is 7.53. The summed E-state index contributed by atoms with van der Waals surface area (Å²) in [5.41, 5.74) is 0. The first kappa shape index (κ1) is 13.6. The Morgan fingerprint density at radius 2 is 2.11 bits per heavy atom. The van der Waals surface area contributed by atoms with Gasteiger partial charge in [-0.15, -0.1) is 0 Å². The molecule has 96 valence electrons. The standard InChI is InChI=1S/C11H10Cl2N2O2S/c12-8-3-4-10(13)11(6-8)18(16,17)15-5-1-2-9(15)7-14/h3-4,6,9H,1-2,5H2. The molecule has 7 heteroatoms. The Balaban J connectivity index is 2.49. The SMILES string of the molecule is N#CC1CCCN1S(=O)(=O)c1cc(Cl)ccc1Cl. The molecule has 1 heterocycles. The van der Waals surface area contributed by atoms with E-state index in [9.17, 15) is 8.42 Å². The molecule has 1 fully saturated rings. The molecule has 0 saturated carbocycles. The van der Waals surface area contributed by atoms with Crippen LogP contribution in [0.15, 0.2) is 23.1 Å². The zero-order chi connectivity index (χ0) is 13.3. The number of rotatable bonds is 2. The van der Waals surface area contributed by atoms with E-state index in [0.717, 1.165) is 0 Å². The molecule has 1 aliphatic rings. The minimum absolute atomic E-state index is 0.0428. The lowest BCUT2D eigenvalue weighted by Crippen LogP contribution is -2.34. The fourth-order valence-corrected chi connectivity index (χ4v) is 4.31. The van der Waals surface area contributed by atoms with Crippen LogP contribution < -0.4 is 0 Å². The van der Waals surface area contributed by atoms with E-state index in [1.54, 1.807) is 0 Å². The zero-order valence-corrected chi connectivity index (χ0v) is 11.6. The van der Waals surface area contributed by atoms with Gasteiger partial charge in [-0.05, 0) is 31.0 Å². The molecule has 1 atom stereocenters. The van der Waals surface area contributed by atoms with Gasteiger partial charge in [0.1, 0.15) is 10.9 Å². The highest BCUT2D eigenvalue weighted by molar-refractivity contribution is 7.89. The molecule has 0 spiro atoms. The largest absolute Gasteiger partial charge is 0.245 e. The minimum Gasteiger partial charge on any atom is -0.207 e. The van der Waals surface area contributed by atoms with E-state index in [1.807, 2.05) is 6.07 Å². The number of hydrogen-bond acceptors (Lipinski definition) is 3. The molecular formula is C11H10Cl2N2O2S. The first-order chi connectivity index (χ1) is 8.46. The van der Waals surface area contributed by atoms with Crippen molar-refractivity contribution in [2.45, 2.75) is 23.8 Å². The van der Waals surface area contributed by atoms with Crippen LogP contribution in [0.25, 0.3) is 0 Å². The van der Waals surface area contributed by atoms with Crippen LogP contribution in [0.3, 0.4) is 0 Å². The van der Waals surface area contributed by atoms with Crippen LogP contribution in [0.2, 0.25) is 10.0 Å². The average Bonchev–Trinajstić information content (AvgIpc) is 2.81. The Bertz CT molecular complexity index is 610. The molecule has 1 aromatic carbocycles. The maximum atomic E-state index is 12.4. The molecule has 0 aromatic heterocycles. The van der Waals surface area contributed by atoms with Gasteiger partial charge >= 0.3 is 0 Å². The van der Waals surface area contributed by atoms with Gasteiger partial charge in [0, 0.05) is 11.6 Å². The van der Waals surface area contributed by atoms with Crippen molar-refractivity contribution in [2.75, 3.05) is 6.54 Å². The zero-order valence-electron chi connectivity index (χ0n) is 9.31. The van der Waals surface area contributed by atoms with Gasteiger partial charge in [0.05, 0.1) is 11.1 Å². The van der Waals surface area contributed by atoms with Crippen LogP contribution in [0, 0.1) is 11.3 Å². The van der Waals surface area contributed by atoms with E-state index in [4.69, 9.17) is 28.5 Å². The van der Waals surface area contributed by atoms with Crippen LogP contribution in [-0.2, 0) is 10.0 Å². The first-order valence-electron chi connectivity index (χ1n) is 5.33. The van der Waals surface area contributed by atoms with E-state index in [2.05, 4.69) is 0 Å². The van der Waals surface area contributed by atoms with Crippen LogP contribution >= 0.6 is 23.2 Å². The molecule has 4 nitrogen and oxygen atoms in total. The summed E-state index contributed by atoms with van der Waals surface area (Å²) in [5, 5.41) is 9.37. The van der Waals surface area contributed by atoms with E-state index in [1.165, 1.54) is 22.5 Å². The Hall–Kier alpha value is -0.800. The quantitative estimate of drug-likeness (QED) is 0.844. The molecule has 1 aliphatic heterocycles. The predicted molar refractivity (Wildman–Crippen MR) is 69.0 cm³/mol. The summed E-state index contributed by atoms with van der Waals surface area (Å²) < 4.78 is 26.0. The summed E-state index contributed by atoms with van der Waals surface area (Å²) in [5.74, 6) is 0. The average molecular weight is 305 g/mol. The van der Waals surface area contributed by atoms with Crippen LogP contribution in [0.1, 0.15) is 12.8 Å². The third kappa shape index (κ3) is 2.34. The molecule has 1 saturated heterocycles. The normalized spacial score (nSPS) is 20.8. The number of nitrogens with zero attached hydrogens (tertiary/aromatic N) is 2. The third-order valence-corrected chi connectivity index (χ3v) is 5.46. The van der Waals surface area contributed by atoms with Crippen molar-refractivity contribution in [1.82, 2.24) is 4.31 Å². The van der Waals surface area contributed by atoms with Gasteiger partial charge in [-0.25, -0.2) is 8.42 Å². The van der Waals surface area contributed by atoms with Gasteiger partial charge in [0.15, 0.2) is 0 Å². The van der Waals surface area contributed by atoms with E-state index in [0.29, 0.717) is 24.4 Å². The third-order valence-electron chi connectivity index (χ3n) is 2.83. The van der Waals surface area contributed by atoms with Crippen molar-refractivity contribution in [3.8, 4) is 6.07 Å². The van der Waals surface area contributed by atoms with Crippen molar-refractivity contribution in [3.05, 3.63) is 28.2 Å². The summed E-state index contributed by atoms with van der Waals surface area (Å²) in [6.07, 6.45) is 1.23. The summed E-state index contributed by atoms with van der Waals surface area (Å²) in [4.78, 5) is -0.0428. The molecule has 0 bridgehead atoms. The van der Waals surface area contributed by atoms with E-state index < -0.39 is 16.1 Å². The highest BCUT2D eigenvalue weighted by Crippen LogP contribution is 2.31. The van der Waals surface area contributed by atoms with E-state index >= 15 is 0 Å². The lowest BCUT2D eigenvalue weighted by atomic mass is 10.2. The highest BCUT2D eigenvalue weighted by Gasteiger charge is 2.36. The summed E-state index contributed by atoms with van der Waals surface area (Å²) >= 11 is 11.7. The number of benzene rings is 1. The molecule has 0 N–H and O–H groups in total. The fourth-order valence-electron chi connectivity index (χ4n) is 1.96. The minimum atomic E-state index is -3.76. The Morgan fingerprint density at radius 3 is 2.78 bits per heavy atom. The lowest BCUT2D eigenvalue weighted by Gasteiger charge is -2.19. The molecule has 1 unspecified atom stereocenters. The second-order valence-electron chi connectivity index (χ2n) is 3.98. The monoisotopic (exact) mass is 304 g/mol. The van der Waals surface area contributed by atoms with Gasteiger partial charge in [0.2, 0.25) is 10.0 Å². The molecule has 18 heavy (non-hydrogen) atoms. The van der Waals surface area contributed by atoms with Gasteiger partial charge in [-0.1, -0.05) is 23.2 Å². The molecular weight excluding hydrogens is 295 g/mol. The van der Waals surface area contributed by atoms with Gasteiger partial charge < -0.3 is 0 Å². The highest BCUT2D eigenvalue weighted by atomic mass is 35.5. The van der Waals surface area contributed by atoms with Crippen molar-refractivity contribution < 1.29 is 8.42 Å². The summed E-state index contributed by atoms with van der Waals surface area (Å²) in [7, 11) is -3.76. The van der Waals surface area contributed by atoms with Crippen molar-refractivity contribution in [3.63, 3.8) is 0 Å². The maximum Gasteiger partial charge on any atom is 0.245 e.